The quantitative estimate of drug-likeness (QED) is 0.628. The van der Waals surface area contributed by atoms with Crippen LogP contribution in [0.25, 0.3) is 0 Å². The van der Waals surface area contributed by atoms with Crippen molar-refractivity contribution < 1.29 is 0 Å². The monoisotopic (exact) mass is 211 g/mol. The second kappa shape index (κ2) is 8.15. The standard InChI is InChI=1S/C14H29N/c1-3-4-5-6-7-8-9-14-10-13(2)11-15-12-14/h13-15H,3-12H2,1-2H3. The summed E-state index contributed by atoms with van der Waals surface area (Å²) in [7, 11) is 0. The summed E-state index contributed by atoms with van der Waals surface area (Å²) >= 11 is 0. The van der Waals surface area contributed by atoms with Gasteiger partial charge >= 0.3 is 0 Å². The zero-order valence-corrected chi connectivity index (χ0v) is 10.7. The first-order valence-electron chi connectivity index (χ1n) is 7.03. The third-order valence-electron chi connectivity index (χ3n) is 3.63. The van der Waals surface area contributed by atoms with Gasteiger partial charge in [0.05, 0.1) is 0 Å². The first-order valence-corrected chi connectivity index (χ1v) is 7.03. The highest BCUT2D eigenvalue weighted by Crippen LogP contribution is 2.21. The molecule has 0 aromatic rings. The van der Waals surface area contributed by atoms with Gasteiger partial charge in [0.15, 0.2) is 0 Å². The van der Waals surface area contributed by atoms with Gasteiger partial charge in [0, 0.05) is 0 Å². The topological polar surface area (TPSA) is 12.0 Å². The Morgan fingerprint density at radius 1 is 1.00 bits per heavy atom. The molecule has 0 aliphatic carbocycles. The summed E-state index contributed by atoms with van der Waals surface area (Å²) in [5, 5.41) is 3.55. The van der Waals surface area contributed by atoms with Crippen molar-refractivity contribution in [3.8, 4) is 0 Å². The van der Waals surface area contributed by atoms with Crippen LogP contribution in [0.5, 0.6) is 0 Å². The maximum Gasteiger partial charge on any atom is -0.00203 e. The fraction of sp³-hybridized carbons (Fsp3) is 1.00. The summed E-state index contributed by atoms with van der Waals surface area (Å²) in [5.41, 5.74) is 0. The van der Waals surface area contributed by atoms with Crippen molar-refractivity contribution >= 4 is 0 Å². The molecule has 0 amide bonds. The average molecular weight is 211 g/mol. The van der Waals surface area contributed by atoms with E-state index in [2.05, 4.69) is 19.2 Å². The Morgan fingerprint density at radius 2 is 1.73 bits per heavy atom. The Kier molecular flexibility index (Phi) is 7.08. The van der Waals surface area contributed by atoms with Gasteiger partial charge in [-0.3, -0.25) is 0 Å². The highest BCUT2D eigenvalue weighted by molar-refractivity contribution is 4.73. The third-order valence-corrected chi connectivity index (χ3v) is 3.63. The van der Waals surface area contributed by atoms with Crippen molar-refractivity contribution in [2.24, 2.45) is 11.8 Å². The number of hydrogen-bond donors (Lipinski definition) is 1. The van der Waals surface area contributed by atoms with E-state index in [-0.39, 0.29) is 0 Å². The molecule has 0 bridgehead atoms. The van der Waals surface area contributed by atoms with Crippen LogP contribution in [-0.2, 0) is 0 Å². The molecule has 1 nitrogen and oxygen atoms in total. The van der Waals surface area contributed by atoms with E-state index in [0.29, 0.717) is 0 Å². The normalized spacial score (nSPS) is 26.8. The van der Waals surface area contributed by atoms with Crippen molar-refractivity contribution in [1.82, 2.24) is 5.32 Å². The SMILES string of the molecule is CCCCCCCCC1CNCC(C)C1. The lowest BCUT2D eigenvalue weighted by Gasteiger charge is -2.27. The summed E-state index contributed by atoms with van der Waals surface area (Å²) in [4.78, 5) is 0. The van der Waals surface area contributed by atoms with Crippen LogP contribution in [0.15, 0.2) is 0 Å². The molecule has 1 aliphatic heterocycles. The van der Waals surface area contributed by atoms with Crippen LogP contribution >= 0.6 is 0 Å². The van der Waals surface area contributed by atoms with Crippen molar-refractivity contribution in [2.45, 2.75) is 65.2 Å². The molecule has 0 radical (unpaired) electrons. The lowest BCUT2D eigenvalue weighted by Crippen LogP contribution is -2.34. The van der Waals surface area contributed by atoms with Gasteiger partial charge in [0.1, 0.15) is 0 Å². The fourth-order valence-corrected chi connectivity index (χ4v) is 2.70. The van der Waals surface area contributed by atoms with Crippen LogP contribution in [0.1, 0.15) is 65.2 Å². The number of nitrogens with one attached hydrogen (secondary N) is 1. The van der Waals surface area contributed by atoms with Crippen molar-refractivity contribution in [3.63, 3.8) is 0 Å². The van der Waals surface area contributed by atoms with E-state index >= 15 is 0 Å². The van der Waals surface area contributed by atoms with Gasteiger partial charge < -0.3 is 5.32 Å². The largest absolute Gasteiger partial charge is 0.316 e. The Labute approximate surface area is 96.0 Å². The van der Waals surface area contributed by atoms with E-state index in [1.807, 2.05) is 0 Å². The third kappa shape index (κ3) is 6.19. The second-order valence-corrected chi connectivity index (χ2v) is 5.42. The molecule has 0 aromatic heterocycles. The van der Waals surface area contributed by atoms with E-state index in [1.165, 1.54) is 64.5 Å². The highest BCUT2D eigenvalue weighted by atomic mass is 14.9. The molecule has 1 heteroatoms. The summed E-state index contributed by atoms with van der Waals surface area (Å²) < 4.78 is 0. The minimum atomic E-state index is 0.906. The van der Waals surface area contributed by atoms with E-state index < -0.39 is 0 Å². The van der Waals surface area contributed by atoms with Gasteiger partial charge in [0.2, 0.25) is 0 Å². The maximum atomic E-state index is 3.55. The van der Waals surface area contributed by atoms with Crippen molar-refractivity contribution in [2.75, 3.05) is 13.1 Å². The van der Waals surface area contributed by atoms with Crippen molar-refractivity contribution in [1.29, 1.82) is 0 Å². The van der Waals surface area contributed by atoms with E-state index in [4.69, 9.17) is 0 Å². The molecule has 0 spiro atoms. The molecule has 2 unspecified atom stereocenters. The molecule has 0 aromatic carbocycles. The molecule has 2 atom stereocenters. The van der Waals surface area contributed by atoms with Gasteiger partial charge in [-0.2, -0.15) is 0 Å². The van der Waals surface area contributed by atoms with Crippen LogP contribution in [0, 0.1) is 11.8 Å². The van der Waals surface area contributed by atoms with Gasteiger partial charge in [0.25, 0.3) is 0 Å². The summed E-state index contributed by atoms with van der Waals surface area (Å²) in [6, 6.07) is 0. The number of rotatable bonds is 7. The first kappa shape index (κ1) is 13.0. The zero-order valence-electron chi connectivity index (χ0n) is 10.7. The molecule has 1 fully saturated rings. The minimum Gasteiger partial charge on any atom is -0.316 e. The van der Waals surface area contributed by atoms with Gasteiger partial charge in [-0.05, 0) is 37.8 Å². The molecule has 1 rings (SSSR count). The predicted molar refractivity (Wildman–Crippen MR) is 68.1 cm³/mol. The number of hydrogen-bond acceptors (Lipinski definition) is 1. The van der Waals surface area contributed by atoms with E-state index in [9.17, 15) is 0 Å². The zero-order chi connectivity index (χ0) is 10.9. The van der Waals surface area contributed by atoms with Gasteiger partial charge in [-0.25, -0.2) is 0 Å². The average Bonchev–Trinajstić information content (AvgIpc) is 2.23. The molecule has 1 N–H and O–H groups in total. The number of unbranched alkanes of at least 4 members (excludes halogenated alkanes) is 5. The summed E-state index contributed by atoms with van der Waals surface area (Å²) in [6.07, 6.45) is 11.6. The Morgan fingerprint density at radius 3 is 2.47 bits per heavy atom. The van der Waals surface area contributed by atoms with Gasteiger partial charge in [-0.1, -0.05) is 52.4 Å². The van der Waals surface area contributed by atoms with Crippen LogP contribution in [0.4, 0.5) is 0 Å². The molecule has 15 heavy (non-hydrogen) atoms. The molecule has 90 valence electrons. The van der Waals surface area contributed by atoms with Crippen LogP contribution in [0.2, 0.25) is 0 Å². The summed E-state index contributed by atoms with van der Waals surface area (Å²) in [5.74, 6) is 1.88. The maximum absolute atomic E-state index is 3.55. The lowest BCUT2D eigenvalue weighted by atomic mass is 9.88. The Hall–Kier alpha value is -0.0400. The molecule has 0 saturated carbocycles. The number of piperidine rings is 1. The molecule has 1 saturated heterocycles. The predicted octanol–water partition coefficient (Wildman–Crippen LogP) is 3.98. The van der Waals surface area contributed by atoms with Gasteiger partial charge in [-0.15, -0.1) is 0 Å². The smallest absolute Gasteiger partial charge is 0.00203 e. The Balaban J connectivity index is 1.90. The van der Waals surface area contributed by atoms with Crippen LogP contribution in [-0.4, -0.2) is 13.1 Å². The van der Waals surface area contributed by atoms with Crippen molar-refractivity contribution in [3.05, 3.63) is 0 Å². The molecular weight excluding hydrogens is 182 g/mol. The lowest BCUT2D eigenvalue weighted by molar-refractivity contribution is 0.282. The highest BCUT2D eigenvalue weighted by Gasteiger charge is 2.17. The Bertz CT molecular complexity index is 144. The van der Waals surface area contributed by atoms with E-state index in [0.717, 1.165) is 11.8 Å². The fourth-order valence-electron chi connectivity index (χ4n) is 2.70. The summed E-state index contributed by atoms with van der Waals surface area (Å²) in [6.45, 7) is 7.18. The molecule has 1 aliphatic rings. The first-order chi connectivity index (χ1) is 7.33. The molecular formula is C14H29N. The van der Waals surface area contributed by atoms with Crippen LogP contribution in [0.3, 0.4) is 0 Å². The second-order valence-electron chi connectivity index (χ2n) is 5.42. The van der Waals surface area contributed by atoms with Crippen LogP contribution < -0.4 is 5.32 Å². The molecule has 1 heterocycles. The van der Waals surface area contributed by atoms with E-state index in [1.54, 1.807) is 0 Å². The minimum absolute atomic E-state index is 0.906.